The minimum absolute atomic E-state index is 0.223. The molecule has 2 heterocycles. The molecule has 1 unspecified atom stereocenters. The first kappa shape index (κ1) is 18.8. The highest BCUT2D eigenvalue weighted by Crippen LogP contribution is 2.28. The second-order valence-corrected chi connectivity index (χ2v) is 7.68. The van der Waals surface area contributed by atoms with E-state index in [1.807, 2.05) is 6.07 Å². The van der Waals surface area contributed by atoms with Crippen molar-refractivity contribution in [1.82, 2.24) is 10.2 Å². The Morgan fingerprint density at radius 1 is 1.26 bits per heavy atom. The molecule has 0 radical (unpaired) electrons. The third-order valence-corrected chi connectivity index (χ3v) is 4.37. The molecule has 1 fully saturated rings. The van der Waals surface area contributed by atoms with E-state index in [0.29, 0.717) is 24.1 Å². The molecule has 7 heteroatoms. The van der Waals surface area contributed by atoms with Crippen molar-refractivity contribution in [3.8, 4) is 0 Å². The summed E-state index contributed by atoms with van der Waals surface area (Å²) in [5.74, 6) is -1.45. The fourth-order valence-corrected chi connectivity index (χ4v) is 3.18. The minimum atomic E-state index is -0.636. The lowest BCUT2D eigenvalue weighted by Crippen LogP contribution is -2.52. The average Bonchev–Trinajstić information content (AvgIpc) is 2.88. The molecule has 1 saturated heterocycles. The Bertz CT molecular complexity index is 850. The Balaban J connectivity index is 1.74. The maximum absolute atomic E-state index is 12.7. The average molecular weight is 370 g/mol. The van der Waals surface area contributed by atoms with Crippen molar-refractivity contribution in [1.29, 1.82) is 0 Å². The lowest BCUT2D eigenvalue weighted by atomic mass is 10.0. The van der Waals surface area contributed by atoms with Gasteiger partial charge in [0.25, 0.3) is 5.91 Å². The van der Waals surface area contributed by atoms with Crippen LogP contribution in [0, 0.1) is 0 Å². The Morgan fingerprint density at radius 2 is 2.00 bits per heavy atom. The molecule has 3 rings (SSSR count). The van der Waals surface area contributed by atoms with Crippen LogP contribution in [-0.2, 0) is 25.7 Å². The second kappa shape index (κ2) is 6.98. The predicted molar refractivity (Wildman–Crippen MR) is 97.4 cm³/mol. The zero-order valence-corrected chi connectivity index (χ0v) is 15.6. The summed E-state index contributed by atoms with van der Waals surface area (Å²) in [5.41, 5.74) is 1.45. The van der Waals surface area contributed by atoms with Gasteiger partial charge in [0, 0.05) is 24.6 Å². The van der Waals surface area contributed by atoms with Crippen LogP contribution >= 0.6 is 0 Å². The Kier molecular flexibility index (Phi) is 4.87. The van der Waals surface area contributed by atoms with Crippen molar-refractivity contribution in [2.45, 2.75) is 51.8 Å². The summed E-state index contributed by atoms with van der Waals surface area (Å²) in [6, 6.07) is 4.68. The Labute approximate surface area is 157 Å². The quantitative estimate of drug-likeness (QED) is 0.498. The summed E-state index contributed by atoms with van der Waals surface area (Å²) in [5, 5.41) is 2.28. The van der Waals surface area contributed by atoms with Crippen molar-refractivity contribution in [3.05, 3.63) is 41.0 Å². The molecule has 0 saturated carbocycles. The van der Waals surface area contributed by atoms with E-state index in [-0.39, 0.29) is 18.2 Å². The van der Waals surface area contributed by atoms with E-state index in [0.717, 1.165) is 5.56 Å². The van der Waals surface area contributed by atoms with Crippen LogP contribution < -0.4 is 5.32 Å². The number of fused-ring (bicyclic) bond motifs is 1. The maximum atomic E-state index is 12.7. The summed E-state index contributed by atoms with van der Waals surface area (Å²) in [7, 11) is 0. The van der Waals surface area contributed by atoms with Crippen molar-refractivity contribution in [3.63, 3.8) is 0 Å². The van der Waals surface area contributed by atoms with E-state index in [9.17, 15) is 19.2 Å². The van der Waals surface area contributed by atoms with Gasteiger partial charge in [-0.3, -0.25) is 19.7 Å². The van der Waals surface area contributed by atoms with Gasteiger partial charge in [0.2, 0.25) is 11.8 Å². The molecule has 2 aliphatic rings. The molecule has 7 nitrogen and oxygen atoms in total. The van der Waals surface area contributed by atoms with Crippen molar-refractivity contribution in [2.24, 2.45) is 0 Å². The second-order valence-electron chi connectivity index (χ2n) is 7.68. The number of benzene rings is 1. The van der Waals surface area contributed by atoms with Gasteiger partial charge in [-0.05, 0) is 50.5 Å². The molecule has 0 spiro atoms. The van der Waals surface area contributed by atoms with E-state index in [2.05, 4.69) is 5.32 Å². The van der Waals surface area contributed by atoms with Gasteiger partial charge in [0.15, 0.2) is 0 Å². The number of carbonyl (C=O) groups excluding carboxylic acids is 4. The van der Waals surface area contributed by atoms with Crippen LogP contribution in [0.4, 0.5) is 0 Å². The molecular weight excluding hydrogens is 348 g/mol. The summed E-state index contributed by atoms with van der Waals surface area (Å²) in [6.45, 7) is 5.69. The van der Waals surface area contributed by atoms with Gasteiger partial charge >= 0.3 is 5.97 Å². The van der Waals surface area contributed by atoms with E-state index in [4.69, 9.17) is 4.74 Å². The van der Waals surface area contributed by atoms with E-state index in [1.54, 1.807) is 39.0 Å². The van der Waals surface area contributed by atoms with Gasteiger partial charge in [-0.25, -0.2) is 4.79 Å². The van der Waals surface area contributed by atoms with Crippen LogP contribution in [0.3, 0.4) is 0 Å². The minimum Gasteiger partial charge on any atom is -0.457 e. The molecule has 27 heavy (non-hydrogen) atoms. The topological polar surface area (TPSA) is 92.8 Å². The predicted octanol–water partition coefficient (Wildman–Crippen LogP) is 1.80. The van der Waals surface area contributed by atoms with Crippen LogP contribution in [0.15, 0.2) is 24.3 Å². The highest BCUT2D eigenvalue weighted by molar-refractivity contribution is 6.05. The fraction of sp³-hybridized carbons (Fsp3) is 0.400. The van der Waals surface area contributed by atoms with Crippen LogP contribution in [-0.4, -0.2) is 40.2 Å². The number of rotatable bonds is 3. The summed E-state index contributed by atoms with van der Waals surface area (Å²) in [4.78, 5) is 49.4. The monoisotopic (exact) mass is 370 g/mol. The maximum Gasteiger partial charge on any atom is 0.331 e. The van der Waals surface area contributed by atoms with Gasteiger partial charge in [-0.1, -0.05) is 12.1 Å². The van der Waals surface area contributed by atoms with Crippen molar-refractivity contribution < 1.29 is 23.9 Å². The fourth-order valence-electron chi connectivity index (χ4n) is 3.18. The molecule has 1 aromatic rings. The smallest absolute Gasteiger partial charge is 0.331 e. The molecule has 2 aliphatic heterocycles. The van der Waals surface area contributed by atoms with Crippen molar-refractivity contribution in [2.75, 3.05) is 0 Å². The third-order valence-electron chi connectivity index (χ3n) is 4.37. The summed E-state index contributed by atoms with van der Waals surface area (Å²) >= 11 is 0. The molecule has 142 valence electrons. The normalized spacial score (nSPS) is 20.0. The first-order valence-electron chi connectivity index (χ1n) is 8.83. The lowest BCUT2D eigenvalue weighted by Gasteiger charge is -2.29. The highest BCUT2D eigenvalue weighted by atomic mass is 16.6. The van der Waals surface area contributed by atoms with Gasteiger partial charge in [-0.15, -0.1) is 0 Å². The van der Waals surface area contributed by atoms with Gasteiger partial charge < -0.3 is 9.64 Å². The summed E-state index contributed by atoms with van der Waals surface area (Å²) < 4.78 is 5.22. The zero-order chi connectivity index (χ0) is 19.8. The molecule has 1 atom stereocenters. The zero-order valence-electron chi connectivity index (χ0n) is 15.6. The lowest BCUT2D eigenvalue weighted by molar-refractivity contribution is -0.148. The molecule has 1 aromatic carbocycles. The molecular formula is C20H22N2O5. The van der Waals surface area contributed by atoms with E-state index in [1.165, 1.54) is 11.0 Å². The SMILES string of the molecule is CC(C)(C)OC(=O)/C=C/c1ccc2c(c1)C(=O)N(C1CCC(=O)NC1=O)C2. The van der Waals surface area contributed by atoms with Gasteiger partial charge in [0.05, 0.1) is 0 Å². The van der Waals surface area contributed by atoms with Crippen LogP contribution in [0.25, 0.3) is 6.08 Å². The van der Waals surface area contributed by atoms with Gasteiger partial charge in [-0.2, -0.15) is 0 Å². The highest BCUT2D eigenvalue weighted by Gasteiger charge is 2.38. The van der Waals surface area contributed by atoms with Crippen molar-refractivity contribution >= 4 is 29.8 Å². The van der Waals surface area contributed by atoms with Gasteiger partial charge in [0.1, 0.15) is 11.6 Å². The molecule has 0 aromatic heterocycles. The number of piperidine rings is 1. The first-order chi connectivity index (χ1) is 12.6. The number of nitrogens with zero attached hydrogens (tertiary/aromatic N) is 1. The Morgan fingerprint density at radius 3 is 2.67 bits per heavy atom. The number of nitrogens with one attached hydrogen (secondary N) is 1. The number of imide groups is 1. The number of amides is 3. The number of carbonyl (C=O) groups is 4. The molecule has 0 aliphatic carbocycles. The number of ether oxygens (including phenoxy) is 1. The van der Waals surface area contributed by atoms with Crippen LogP contribution in [0.5, 0.6) is 0 Å². The molecule has 1 N–H and O–H groups in total. The number of hydrogen-bond acceptors (Lipinski definition) is 5. The Hall–Kier alpha value is -2.96. The number of hydrogen-bond donors (Lipinski definition) is 1. The van der Waals surface area contributed by atoms with Crippen LogP contribution in [0.2, 0.25) is 0 Å². The first-order valence-corrected chi connectivity index (χ1v) is 8.83. The summed E-state index contributed by atoms with van der Waals surface area (Å²) in [6.07, 6.45) is 3.47. The number of esters is 1. The largest absolute Gasteiger partial charge is 0.457 e. The molecule has 3 amide bonds. The standard InChI is InChI=1S/C20H22N2O5/c1-20(2,3)27-17(24)9-5-12-4-6-13-11-22(19(26)14(13)10-12)15-7-8-16(23)21-18(15)25/h4-6,9-10,15H,7-8,11H2,1-3H3,(H,21,23,25)/b9-5+. The third kappa shape index (κ3) is 4.24. The van der Waals surface area contributed by atoms with E-state index < -0.39 is 23.5 Å². The molecule has 0 bridgehead atoms. The van der Waals surface area contributed by atoms with E-state index >= 15 is 0 Å². The van der Waals surface area contributed by atoms with Crippen LogP contribution in [0.1, 0.15) is 55.1 Å².